The van der Waals surface area contributed by atoms with Crippen LogP contribution in [0.3, 0.4) is 0 Å². The summed E-state index contributed by atoms with van der Waals surface area (Å²) in [5, 5.41) is 18.7. The van der Waals surface area contributed by atoms with Crippen LogP contribution in [0.15, 0.2) is 47.6 Å². The fourth-order valence-electron chi connectivity index (χ4n) is 4.03. The Labute approximate surface area is 204 Å². The Morgan fingerprint density at radius 1 is 0.939 bits per heavy atom. The van der Waals surface area contributed by atoms with E-state index in [0.29, 0.717) is 24.2 Å². The van der Waals surface area contributed by atoms with Crippen LogP contribution in [-0.2, 0) is 4.79 Å². The predicted molar refractivity (Wildman–Crippen MR) is 143 cm³/mol. The highest BCUT2D eigenvalue weighted by atomic mass is 16.4. The van der Waals surface area contributed by atoms with Crippen molar-refractivity contribution in [3.63, 3.8) is 0 Å². The van der Waals surface area contributed by atoms with Gasteiger partial charge in [-0.15, -0.1) is 0 Å². The van der Waals surface area contributed by atoms with Gasteiger partial charge in [0.15, 0.2) is 0 Å². The topological polar surface area (TPSA) is 57.5 Å². The van der Waals surface area contributed by atoms with E-state index in [1.165, 1.54) is 24.8 Å². The Kier molecular flexibility index (Phi) is 16.1. The van der Waals surface area contributed by atoms with Gasteiger partial charge < -0.3 is 10.2 Å². The molecular formula is C30H52O3. The van der Waals surface area contributed by atoms with Gasteiger partial charge in [0.1, 0.15) is 0 Å². The zero-order valence-electron chi connectivity index (χ0n) is 22.7. The summed E-state index contributed by atoms with van der Waals surface area (Å²) < 4.78 is 0. The number of aliphatic carboxylic acids is 1. The molecule has 0 amide bonds. The third-order valence-corrected chi connectivity index (χ3v) is 6.54. The van der Waals surface area contributed by atoms with Crippen LogP contribution in [0.4, 0.5) is 0 Å². The average Bonchev–Trinajstić information content (AvgIpc) is 2.72. The minimum absolute atomic E-state index is 0.343. The van der Waals surface area contributed by atoms with E-state index in [1.54, 1.807) is 6.92 Å². The lowest BCUT2D eigenvalue weighted by atomic mass is 9.84. The number of allylic oxidation sites excluding steroid dienone is 8. The summed E-state index contributed by atoms with van der Waals surface area (Å²) >= 11 is 0. The van der Waals surface area contributed by atoms with Gasteiger partial charge in [-0.1, -0.05) is 88.6 Å². The van der Waals surface area contributed by atoms with E-state index in [-0.39, 0.29) is 6.61 Å². The van der Waals surface area contributed by atoms with Gasteiger partial charge in [-0.25, -0.2) is 0 Å². The molecule has 190 valence electrons. The fourth-order valence-corrected chi connectivity index (χ4v) is 4.03. The predicted octanol–water partition coefficient (Wildman–Crippen LogP) is 8.37. The van der Waals surface area contributed by atoms with Crippen molar-refractivity contribution >= 4 is 5.97 Å². The summed E-state index contributed by atoms with van der Waals surface area (Å²) in [4.78, 5) is 11.4. The van der Waals surface area contributed by atoms with Gasteiger partial charge >= 0.3 is 5.97 Å². The number of carboxylic acids is 1. The van der Waals surface area contributed by atoms with Gasteiger partial charge in [0, 0.05) is 0 Å². The van der Waals surface area contributed by atoms with Crippen molar-refractivity contribution in [3.8, 4) is 0 Å². The van der Waals surface area contributed by atoms with Crippen LogP contribution in [0.5, 0.6) is 0 Å². The molecular weight excluding hydrogens is 408 g/mol. The number of carbonyl (C=O) groups is 1. The first kappa shape index (κ1) is 31.4. The van der Waals surface area contributed by atoms with Crippen LogP contribution in [-0.4, -0.2) is 22.8 Å². The minimum atomic E-state index is -1.10. The number of aliphatic hydroxyl groups excluding tert-OH is 1. The molecule has 2 N–H and O–H groups in total. The van der Waals surface area contributed by atoms with Crippen LogP contribution in [0.25, 0.3) is 0 Å². The quantitative estimate of drug-likeness (QED) is 0.214. The molecule has 0 aliphatic carbocycles. The summed E-state index contributed by atoms with van der Waals surface area (Å²) in [7, 11) is 0. The van der Waals surface area contributed by atoms with Gasteiger partial charge in [-0.3, -0.25) is 4.79 Å². The van der Waals surface area contributed by atoms with Crippen molar-refractivity contribution < 1.29 is 15.0 Å². The van der Waals surface area contributed by atoms with Crippen molar-refractivity contribution in [1.82, 2.24) is 0 Å². The Balaban J connectivity index is 4.41. The van der Waals surface area contributed by atoms with E-state index >= 15 is 0 Å². The van der Waals surface area contributed by atoms with Crippen LogP contribution >= 0.6 is 0 Å². The van der Waals surface area contributed by atoms with Crippen LogP contribution < -0.4 is 0 Å². The monoisotopic (exact) mass is 460 g/mol. The van der Waals surface area contributed by atoms with Crippen molar-refractivity contribution in [2.75, 3.05) is 6.61 Å². The van der Waals surface area contributed by atoms with Crippen LogP contribution in [0.2, 0.25) is 0 Å². The van der Waals surface area contributed by atoms with Crippen molar-refractivity contribution in [2.45, 2.75) is 100 Å². The van der Waals surface area contributed by atoms with Gasteiger partial charge in [0.25, 0.3) is 0 Å². The first-order chi connectivity index (χ1) is 15.4. The second-order valence-corrected chi connectivity index (χ2v) is 10.8. The number of hydrogen-bond acceptors (Lipinski definition) is 2. The highest BCUT2D eigenvalue weighted by molar-refractivity contribution is 5.74. The summed E-state index contributed by atoms with van der Waals surface area (Å²) in [6.07, 6.45) is 21.0. The van der Waals surface area contributed by atoms with E-state index in [2.05, 4.69) is 78.0 Å². The lowest BCUT2D eigenvalue weighted by Crippen LogP contribution is -2.31. The second-order valence-electron chi connectivity index (χ2n) is 10.8. The molecule has 0 radical (unpaired) electrons. The molecule has 5 atom stereocenters. The summed E-state index contributed by atoms with van der Waals surface area (Å²) in [6, 6.07) is 0. The molecule has 0 bridgehead atoms. The number of carboxylic acid groups (broad SMARTS) is 1. The standard InChI is InChI=1S/C30H52O3/c1-9-23(2)13-10-16-25(4)19-26(5)17-11-14-24(3)15-12-18-27(6)20-28(7)21-30(8,22-31)29(32)33/h11-12,15-17,20,23-24,26-27,31H,9-10,13-14,18-19,21-22H2,1-8H3,(H,32,33). The van der Waals surface area contributed by atoms with E-state index < -0.39 is 11.4 Å². The molecule has 0 fully saturated rings. The molecule has 3 heteroatoms. The molecule has 0 saturated carbocycles. The van der Waals surface area contributed by atoms with Crippen molar-refractivity contribution in [2.24, 2.45) is 29.1 Å². The first-order valence-corrected chi connectivity index (χ1v) is 12.9. The molecule has 0 aromatic rings. The Hall–Kier alpha value is -1.61. The Morgan fingerprint density at radius 2 is 1.52 bits per heavy atom. The van der Waals surface area contributed by atoms with Crippen molar-refractivity contribution in [1.29, 1.82) is 0 Å². The molecule has 0 heterocycles. The van der Waals surface area contributed by atoms with E-state index in [4.69, 9.17) is 0 Å². The molecule has 0 aliphatic heterocycles. The lowest BCUT2D eigenvalue weighted by molar-refractivity contribution is -0.150. The molecule has 3 nitrogen and oxygen atoms in total. The smallest absolute Gasteiger partial charge is 0.312 e. The zero-order chi connectivity index (χ0) is 25.4. The van der Waals surface area contributed by atoms with E-state index in [1.807, 2.05) is 6.92 Å². The van der Waals surface area contributed by atoms with Crippen LogP contribution in [0, 0.1) is 29.1 Å². The summed E-state index contributed by atoms with van der Waals surface area (Å²) in [5.74, 6) is 1.29. The molecule has 0 aromatic heterocycles. The second kappa shape index (κ2) is 16.9. The highest BCUT2D eigenvalue weighted by Gasteiger charge is 2.32. The van der Waals surface area contributed by atoms with Gasteiger partial charge in [0.05, 0.1) is 12.0 Å². The number of rotatable bonds is 17. The SMILES string of the molecule is CCC(C)CCC=C(C)CC(C)C=CCC(C)C=CCC(C)C=C(C)CC(C)(CO)C(=O)O. The van der Waals surface area contributed by atoms with Crippen LogP contribution in [0.1, 0.15) is 100 Å². The largest absolute Gasteiger partial charge is 0.481 e. The van der Waals surface area contributed by atoms with E-state index in [9.17, 15) is 15.0 Å². The molecule has 5 unspecified atom stereocenters. The molecule has 33 heavy (non-hydrogen) atoms. The lowest BCUT2D eigenvalue weighted by Gasteiger charge is -2.22. The molecule has 0 rings (SSSR count). The number of aliphatic hydroxyl groups is 1. The summed E-state index contributed by atoms with van der Waals surface area (Å²) in [5.41, 5.74) is 1.42. The maximum absolute atomic E-state index is 11.4. The maximum Gasteiger partial charge on any atom is 0.312 e. The van der Waals surface area contributed by atoms with Gasteiger partial charge in [0.2, 0.25) is 0 Å². The third-order valence-electron chi connectivity index (χ3n) is 6.54. The number of hydrogen-bond donors (Lipinski definition) is 2. The molecule has 0 aliphatic rings. The Bertz CT molecular complexity index is 670. The van der Waals surface area contributed by atoms with Crippen molar-refractivity contribution in [3.05, 3.63) is 47.6 Å². The minimum Gasteiger partial charge on any atom is -0.481 e. The Morgan fingerprint density at radius 3 is 2.06 bits per heavy atom. The summed E-state index contributed by atoms with van der Waals surface area (Å²) in [6.45, 7) is 16.8. The highest BCUT2D eigenvalue weighted by Crippen LogP contribution is 2.27. The average molecular weight is 461 g/mol. The first-order valence-electron chi connectivity index (χ1n) is 12.9. The zero-order valence-corrected chi connectivity index (χ0v) is 22.7. The fraction of sp³-hybridized carbons (Fsp3) is 0.700. The normalized spacial score (nSPS) is 18.9. The maximum atomic E-state index is 11.4. The molecule has 0 saturated heterocycles. The van der Waals surface area contributed by atoms with Gasteiger partial charge in [-0.2, -0.15) is 0 Å². The molecule has 0 aromatic carbocycles. The molecule has 0 spiro atoms. The third kappa shape index (κ3) is 15.0. The van der Waals surface area contributed by atoms with Gasteiger partial charge in [-0.05, 0) is 83.0 Å². The van der Waals surface area contributed by atoms with E-state index in [0.717, 1.165) is 30.8 Å².